The van der Waals surface area contributed by atoms with Gasteiger partial charge in [0.2, 0.25) is 0 Å². The second kappa shape index (κ2) is 10.1. The van der Waals surface area contributed by atoms with Crippen LogP contribution in [0.1, 0.15) is 10.4 Å². The first kappa shape index (κ1) is 22.1. The van der Waals surface area contributed by atoms with Crippen molar-refractivity contribution in [2.75, 3.05) is 48.8 Å². The molecule has 0 bridgehead atoms. The van der Waals surface area contributed by atoms with Crippen molar-refractivity contribution in [1.82, 2.24) is 30.0 Å². The summed E-state index contributed by atoms with van der Waals surface area (Å²) in [7, 11) is 0. The molecule has 3 aromatic heterocycles. The number of nitrogens with one attached hydrogen (secondary N) is 1. The van der Waals surface area contributed by atoms with Gasteiger partial charge in [0.1, 0.15) is 17.2 Å². The van der Waals surface area contributed by atoms with E-state index in [0.29, 0.717) is 23.7 Å². The normalized spacial score (nSPS) is 13.9. The van der Waals surface area contributed by atoms with Gasteiger partial charge in [0.25, 0.3) is 5.91 Å². The van der Waals surface area contributed by atoms with E-state index in [0.717, 1.165) is 43.0 Å². The van der Waals surface area contributed by atoms with E-state index in [1.807, 2.05) is 23.2 Å². The van der Waals surface area contributed by atoms with E-state index in [9.17, 15) is 4.79 Å². The number of amides is 1. The van der Waals surface area contributed by atoms with Crippen molar-refractivity contribution in [2.45, 2.75) is 11.6 Å². The molecule has 0 saturated carbocycles. The second-order valence-electron chi connectivity index (χ2n) is 7.93. The van der Waals surface area contributed by atoms with Gasteiger partial charge in [-0.2, -0.15) is 5.10 Å². The summed E-state index contributed by atoms with van der Waals surface area (Å²) in [5.41, 5.74) is 2.61. The molecule has 4 aromatic rings. The van der Waals surface area contributed by atoms with Crippen molar-refractivity contribution < 1.29 is 4.79 Å². The number of carbonyl (C=O) groups excluding carboxylic acids is 1. The highest BCUT2D eigenvalue weighted by Crippen LogP contribution is 2.25. The lowest BCUT2D eigenvalue weighted by molar-refractivity contribution is 0.0948. The summed E-state index contributed by atoms with van der Waals surface area (Å²) in [5, 5.41) is 9.14. The van der Waals surface area contributed by atoms with Crippen LogP contribution >= 0.6 is 11.8 Å². The van der Waals surface area contributed by atoms with Crippen LogP contribution in [0.2, 0.25) is 0 Å². The number of thioether (sulfide) groups is 1. The van der Waals surface area contributed by atoms with Gasteiger partial charge in [0.15, 0.2) is 5.65 Å². The van der Waals surface area contributed by atoms with Crippen LogP contribution in [0.5, 0.6) is 0 Å². The van der Waals surface area contributed by atoms with Crippen LogP contribution in [-0.2, 0) is 6.54 Å². The number of anilines is 2. The third-order valence-corrected chi connectivity index (χ3v) is 6.64. The molecule has 5 rings (SSSR count). The van der Waals surface area contributed by atoms with Crippen molar-refractivity contribution in [3.63, 3.8) is 0 Å². The van der Waals surface area contributed by atoms with E-state index >= 15 is 0 Å². The first-order valence-electron chi connectivity index (χ1n) is 11.2. The lowest BCUT2D eigenvalue weighted by Gasteiger charge is -2.36. The molecular formula is C24H26N8OS. The van der Waals surface area contributed by atoms with Crippen LogP contribution in [0.15, 0.2) is 66.2 Å². The van der Waals surface area contributed by atoms with Gasteiger partial charge in [0, 0.05) is 44.6 Å². The summed E-state index contributed by atoms with van der Waals surface area (Å²) in [4.78, 5) is 30.6. The second-order valence-corrected chi connectivity index (χ2v) is 8.72. The highest BCUT2D eigenvalue weighted by atomic mass is 32.2. The molecule has 1 aromatic carbocycles. The SMILES string of the molecule is CSc1ncccc1C(=O)NCCn1ncc2c(N3CCN(c4ccccc4)CC3)ncnc21. The zero-order valence-corrected chi connectivity index (χ0v) is 19.8. The van der Waals surface area contributed by atoms with E-state index in [1.165, 1.54) is 17.4 Å². The maximum Gasteiger partial charge on any atom is 0.254 e. The van der Waals surface area contributed by atoms with Crippen LogP contribution < -0.4 is 15.1 Å². The van der Waals surface area contributed by atoms with Crippen molar-refractivity contribution in [3.8, 4) is 0 Å². The van der Waals surface area contributed by atoms with E-state index in [2.05, 4.69) is 59.4 Å². The van der Waals surface area contributed by atoms with Crippen LogP contribution in [-0.4, -0.2) is 69.6 Å². The smallest absolute Gasteiger partial charge is 0.254 e. The number of para-hydroxylation sites is 1. The summed E-state index contributed by atoms with van der Waals surface area (Å²) in [6, 6.07) is 14.0. The van der Waals surface area contributed by atoms with Gasteiger partial charge in [-0.05, 0) is 30.5 Å². The van der Waals surface area contributed by atoms with E-state index in [-0.39, 0.29) is 5.91 Å². The Labute approximate surface area is 202 Å². The molecule has 1 fully saturated rings. The number of aromatic nitrogens is 5. The summed E-state index contributed by atoms with van der Waals surface area (Å²) >= 11 is 1.46. The number of piperazine rings is 1. The van der Waals surface area contributed by atoms with E-state index in [4.69, 9.17) is 0 Å². The number of carbonyl (C=O) groups is 1. The predicted molar refractivity (Wildman–Crippen MR) is 135 cm³/mol. The molecule has 0 atom stereocenters. The van der Waals surface area contributed by atoms with Crippen LogP contribution in [0.3, 0.4) is 0 Å². The number of benzene rings is 1. The zero-order valence-electron chi connectivity index (χ0n) is 19.0. The number of hydrogen-bond acceptors (Lipinski definition) is 8. The van der Waals surface area contributed by atoms with Gasteiger partial charge >= 0.3 is 0 Å². The molecule has 9 nitrogen and oxygen atoms in total. The Morgan fingerprint density at radius 3 is 2.59 bits per heavy atom. The van der Waals surface area contributed by atoms with E-state index < -0.39 is 0 Å². The highest BCUT2D eigenvalue weighted by Gasteiger charge is 2.21. The molecule has 0 radical (unpaired) electrons. The average Bonchev–Trinajstić information content (AvgIpc) is 3.32. The first-order chi connectivity index (χ1) is 16.7. The molecule has 1 saturated heterocycles. The Morgan fingerprint density at radius 2 is 1.79 bits per heavy atom. The van der Waals surface area contributed by atoms with Crippen LogP contribution in [0, 0.1) is 0 Å². The molecule has 0 aliphatic carbocycles. The Balaban J connectivity index is 1.24. The van der Waals surface area contributed by atoms with Crippen molar-refractivity contribution in [1.29, 1.82) is 0 Å². The molecule has 34 heavy (non-hydrogen) atoms. The quantitative estimate of drug-likeness (QED) is 0.409. The van der Waals surface area contributed by atoms with Gasteiger partial charge in [0.05, 0.1) is 23.7 Å². The van der Waals surface area contributed by atoms with E-state index in [1.54, 1.807) is 24.7 Å². The number of nitrogens with zero attached hydrogens (tertiary/aromatic N) is 7. The molecule has 174 valence electrons. The molecular weight excluding hydrogens is 448 g/mol. The molecule has 4 heterocycles. The monoisotopic (exact) mass is 474 g/mol. The summed E-state index contributed by atoms with van der Waals surface area (Å²) in [6.45, 7) is 4.58. The Hall–Kier alpha value is -3.66. The molecule has 0 unspecified atom stereocenters. The Morgan fingerprint density at radius 1 is 1.00 bits per heavy atom. The van der Waals surface area contributed by atoms with Gasteiger partial charge in [-0.1, -0.05) is 18.2 Å². The largest absolute Gasteiger partial charge is 0.368 e. The van der Waals surface area contributed by atoms with Gasteiger partial charge < -0.3 is 15.1 Å². The fourth-order valence-electron chi connectivity index (χ4n) is 4.21. The molecule has 1 aliphatic heterocycles. The maximum atomic E-state index is 12.6. The standard InChI is InChI=1S/C24H26N8OS/c1-34-24-19(8-5-9-26-24)23(33)25-10-11-32-22-20(16-29-32)21(27-17-28-22)31-14-12-30(13-15-31)18-6-3-2-4-7-18/h2-9,16-17H,10-15H2,1H3,(H,25,33). The number of hydrogen-bond donors (Lipinski definition) is 1. The summed E-state index contributed by atoms with van der Waals surface area (Å²) < 4.78 is 1.82. The fraction of sp³-hybridized carbons (Fsp3) is 0.292. The van der Waals surface area contributed by atoms with Gasteiger partial charge in [-0.15, -0.1) is 11.8 Å². The van der Waals surface area contributed by atoms with Crippen molar-refractivity contribution in [3.05, 3.63) is 66.7 Å². The van der Waals surface area contributed by atoms with Crippen molar-refractivity contribution >= 4 is 40.2 Å². The predicted octanol–water partition coefficient (Wildman–Crippen LogP) is 2.70. The zero-order chi connectivity index (χ0) is 23.3. The first-order valence-corrected chi connectivity index (χ1v) is 12.5. The van der Waals surface area contributed by atoms with Crippen molar-refractivity contribution in [2.24, 2.45) is 0 Å². The lowest BCUT2D eigenvalue weighted by Crippen LogP contribution is -2.46. The summed E-state index contributed by atoms with van der Waals surface area (Å²) in [6.07, 6.45) is 7.02. The highest BCUT2D eigenvalue weighted by molar-refractivity contribution is 7.98. The summed E-state index contributed by atoms with van der Waals surface area (Å²) in [5.74, 6) is 0.772. The van der Waals surface area contributed by atoms with Gasteiger partial charge in [-0.3, -0.25) is 4.79 Å². The number of rotatable bonds is 7. The molecule has 1 amide bonds. The molecule has 1 N–H and O–H groups in total. The average molecular weight is 475 g/mol. The number of pyridine rings is 1. The Kier molecular flexibility index (Phi) is 6.57. The third-order valence-electron chi connectivity index (χ3n) is 5.93. The minimum atomic E-state index is -0.138. The lowest BCUT2D eigenvalue weighted by atomic mass is 10.2. The van der Waals surface area contributed by atoms with Crippen LogP contribution in [0.4, 0.5) is 11.5 Å². The minimum absolute atomic E-state index is 0.138. The minimum Gasteiger partial charge on any atom is -0.368 e. The topological polar surface area (TPSA) is 92.1 Å². The number of fused-ring (bicyclic) bond motifs is 1. The molecule has 10 heteroatoms. The molecule has 1 aliphatic rings. The molecule has 0 spiro atoms. The fourth-order valence-corrected chi connectivity index (χ4v) is 4.76. The maximum absolute atomic E-state index is 12.6. The van der Waals surface area contributed by atoms with Crippen LogP contribution in [0.25, 0.3) is 11.0 Å². The Bertz CT molecular complexity index is 1270. The third kappa shape index (κ3) is 4.54. The van der Waals surface area contributed by atoms with Gasteiger partial charge in [-0.25, -0.2) is 19.6 Å².